The second-order valence-corrected chi connectivity index (χ2v) is 4.79. The fourth-order valence-electron chi connectivity index (χ4n) is 2.27. The standard InChI is InChI=1S/C15H6F4N2O3/c16-6-2-10(18)12(11(19)3-6)21-5-9(15(23)24)13(22)8-1-7(17)4-20-14(8)21/h1-5H,(H,23,24). The summed E-state index contributed by atoms with van der Waals surface area (Å²) in [5.74, 6) is -6.49. The number of halogens is 4. The van der Waals surface area contributed by atoms with Crippen molar-refractivity contribution in [3.63, 3.8) is 0 Å². The van der Waals surface area contributed by atoms with Gasteiger partial charge in [0.25, 0.3) is 0 Å². The second kappa shape index (κ2) is 5.44. The SMILES string of the molecule is O=C(O)c1cn(-c2c(F)cc(F)cc2F)c2ncc(F)cc2c1=O. The van der Waals surface area contributed by atoms with Gasteiger partial charge in [0.2, 0.25) is 5.43 Å². The summed E-state index contributed by atoms with van der Waals surface area (Å²) >= 11 is 0. The van der Waals surface area contributed by atoms with Gasteiger partial charge in [-0.1, -0.05) is 0 Å². The number of carboxylic acid groups (broad SMARTS) is 1. The van der Waals surface area contributed by atoms with E-state index in [4.69, 9.17) is 5.11 Å². The van der Waals surface area contributed by atoms with Gasteiger partial charge in [0.15, 0.2) is 11.6 Å². The lowest BCUT2D eigenvalue weighted by Crippen LogP contribution is -2.20. The molecule has 5 nitrogen and oxygen atoms in total. The molecule has 0 atom stereocenters. The Hall–Kier alpha value is -3.23. The van der Waals surface area contributed by atoms with Crippen LogP contribution in [0.25, 0.3) is 16.7 Å². The average molecular weight is 338 g/mol. The predicted octanol–water partition coefficient (Wildman–Crippen LogP) is 2.64. The van der Waals surface area contributed by atoms with E-state index in [1.807, 2.05) is 0 Å². The second-order valence-electron chi connectivity index (χ2n) is 4.79. The number of aromatic carboxylic acids is 1. The van der Waals surface area contributed by atoms with Gasteiger partial charge in [-0.3, -0.25) is 9.36 Å². The molecular weight excluding hydrogens is 332 g/mol. The van der Waals surface area contributed by atoms with E-state index in [9.17, 15) is 27.2 Å². The highest BCUT2D eigenvalue weighted by Crippen LogP contribution is 2.23. The van der Waals surface area contributed by atoms with Crippen LogP contribution in [0, 0.1) is 23.3 Å². The first kappa shape index (κ1) is 15.7. The molecule has 0 aliphatic carbocycles. The molecule has 0 aliphatic heterocycles. The van der Waals surface area contributed by atoms with Gasteiger partial charge in [-0.15, -0.1) is 0 Å². The Morgan fingerprint density at radius 1 is 1.04 bits per heavy atom. The molecule has 122 valence electrons. The molecule has 2 heterocycles. The minimum atomic E-state index is -1.68. The average Bonchev–Trinajstić information content (AvgIpc) is 2.48. The lowest BCUT2D eigenvalue weighted by molar-refractivity contribution is 0.0695. The van der Waals surface area contributed by atoms with Gasteiger partial charge >= 0.3 is 5.97 Å². The third-order valence-electron chi connectivity index (χ3n) is 3.26. The van der Waals surface area contributed by atoms with Crippen molar-refractivity contribution < 1.29 is 27.5 Å². The molecule has 0 bridgehead atoms. The highest BCUT2D eigenvalue weighted by Gasteiger charge is 2.21. The number of hydrogen-bond donors (Lipinski definition) is 1. The topological polar surface area (TPSA) is 72.2 Å². The number of pyridine rings is 2. The number of fused-ring (bicyclic) bond motifs is 1. The van der Waals surface area contributed by atoms with Crippen LogP contribution in [0.1, 0.15) is 10.4 Å². The van der Waals surface area contributed by atoms with Crippen LogP contribution in [0.3, 0.4) is 0 Å². The Morgan fingerprint density at radius 2 is 1.67 bits per heavy atom. The molecule has 0 unspecified atom stereocenters. The van der Waals surface area contributed by atoms with E-state index in [0.29, 0.717) is 35.2 Å². The molecule has 0 saturated heterocycles. The van der Waals surface area contributed by atoms with Gasteiger partial charge in [0, 0.05) is 18.3 Å². The molecule has 3 aromatic rings. The maximum Gasteiger partial charge on any atom is 0.341 e. The summed E-state index contributed by atoms with van der Waals surface area (Å²) in [6.45, 7) is 0. The number of carbonyl (C=O) groups is 1. The zero-order valence-electron chi connectivity index (χ0n) is 11.6. The molecule has 0 amide bonds. The van der Waals surface area contributed by atoms with E-state index in [1.165, 1.54) is 0 Å². The van der Waals surface area contributed by atoms with Crippen LogP contribution in [0.4, 0.5) is 17.6 Å². The minimum Gasteiger partial charge on any atom is -0.477 e. The fourth-order valence-corrected chi connectivity index (χ4v) is 2.27. The Labute approximate surface area is 130 Å². The number of carboxylic acids is 1. The van der Waals surface area contributed by atoms with Crippen LogP contribution < -0.4 is 5.43 Å². The number of rotatable bonds is 2. The number of aromatic nitrogens is 2. The molecule has 0 saturated carbocycles. The molecule has 9 heteroatoms. The van der Waals surface area contributed by atoms with Crippen LogP contribution in [0.5, 0.6) is 0 Å². The van der Waals surface area contributed by atoms with Crippen molar-refractivity contribution in [3.05, 3.63) is 69.6 Å². The van der Waals surface area contributed by atoms with Crippen LogP contribution in [-0.2, 0) is 0 Å². The van der Waals surface area contributed by atoms with E-state index in [0.717, 1.165) is 0 Å². The van der Waals surface area contributed by atoms with Gasteiger partial charge in [-0.25, -0.2) is 27.3 Å². The van der Waals surface area contributed by atoms with E-state index in [2.05, 4.69) is 4.98 Å². The van der Waals surface area contributed by atoms with Gasteiger partial charge in [0.05, 0.1) is 11.6 Å². The third kappa shape index (κ3) is 2.39. The first-order valence-corrected chi connectivity index (χ1v) is 6.38. The molecule has 2 aromatic heterocycles. The largest absolute Gasteiger partial charge is 0.477 e. The van der Waals surface area contributed by atoms with E-state index >= 15 is 0 Å². The Bertz CT molecular complexity index is 1040. The lowest BCUT2D eigenvalue weighted by atomic mass is 10.1. The lowest BCUT2D eigenvalue weighted by Gasteiger charge is -2.13. The Kier molecular flexibility index (Phi) is 3.55. The highest BCUT2D eigenvalue weighted by atomic mass is 19.1. The molecule has 0 radical (unpaired) electrons. The van der Waals surface area contributed by atoms with E-state index < -0.39 is 51.3 Å². The summed E-state index contributed by atoms with van der Waals surface area (Å²) < 4.78 is 55.1. The number of benzene rings is 1. The summed E-state index contributed by atoms with van der Waals surface area (Å²) in [5.41, 5.74) is -3.14. The van der Waals surface area contributed by atoms with Crippen molar-refractivity contribution >= 4 is 17.0 Å². The summed E-state index contributed by atoms with van der Waals surface area (Å²) in [6, 6.07) is 1.46. The van der Waals surface area contributed by atoms with E-state index in [1.54, 1.807) is 0 Å². The van der Waals surface area contributed by atoms with Crippen molar-refractivity contribution in [3.8, 4) is 5.69 Å². The van der Waals surface area contributed by atoms with Crippen molar-refractivity contribution in [1.82, 2.24) is 9.55 Å². The molecule has 24 heavy (non-hydrogen) atoms. The summed E-state index contributed by atoms with van der Waals surface area (Å²) in [6.07, 6.45) is 1.34. The monoisotopic (exact) mass is 338 g/mol. The number of hydrogen-bond acceptors (Lipinski definition) is 3. The zero-order valence-corrected chi connectivity index (χ0v) is 11.6. The normalized spacial score (nSPS) is 11.0. The summed E-state index contributed by atoms with van der Waals surface area (Å²) in [5, 5.41) is 8.59. The van der Waals surface area contributed by atoms with Crippen LogP contribution >= 0.6 is 0 Å². The number of nitrogens with zero attached hydrogens (tertiary/aromatic N) is 2. The van der Waals surface area contributed by atoms with Crippen molar-refractivity contribution in [1.29, 1.82) is 0 Å². The van der Waals surface area contributed by atoms with Gasteiger partial charge < -0.3 is 5.11 Å². The quantitative estimate of drug-likeness (QED) is 0.729. The van der Waals surface area contributed by atoms with Crippen molar-refractivity contribution in [2.24, 2.45) is 0 Å². The van der Waals surface area contributed by atoms with Crippen LogP contribution in [0.15, 0.2) is 35.4 Å². The molecule has 1 N–H and O–H groups in total. The molecular formula is C15H6F4N2O3. The highest BCUT2D eigenvalue weighted by molar-refractivity contribution is 5.92. The zero-order chi connectivity index (χ0) is 17.6. The minimum absolute atomic E-state index is 0.379. The van der Waals surface area contributed by atoms with Crippen LogP contribution in [-0.4, -0.2) is 20.6 Å². The van der Waals surface area contributed by atoms with E-state index in [-0.39, 0.29) is 5.65 Å². The van der Waals surface area contributed by atoms with Gasteiger partial charge in [-0.05, 0) is 6.07 Å². The first-order valence-electron chi connectivity index (χ1n) is 6.38. The molecule has 1 aromatic carbocycles. The third-order valence-corrected chi connectivity index (χ3v) is 3.26. The fraction of sp³-hybridized carbons (Fsp3) is 0. The summed E-state index contributed by atoms with van der Waals surface area (Å²) in [7, 11) is 0. The Morgan fingerprint density at radius 3 is 2.25 bits per heavy atom. The maximum atomic E-state index is 14.0. The predicted molar refractivity (Wildman–Crippen MR) is 74.1 cm³/mol. The van der Waals surface area contributed by atoms with Crippen LogP contribution in [0.2, 0.25) is 0 Å². The van der Waals surface area contributed by atoms with Crippen molar-refractivity contribution in [2.45, 2.75) is 0 Å². The smallest absolute Gasteiger partial charge is 0.341 e. The Balaban J connectivity index is 2.51. The van der Waals surface area contributed by atoms with Crippen molar-refractivity contribution in [2.75, 3.05) is 0 Å². The molecule has 0 fully saturated rings. The molecule has 0 aliphatic rings. The molecule has 3 rings (SSSR count). The first-order chi connectivity index (χ1) is 11.3. The van der Waals surface area contributed by atoms with Gasteiger partial charge in [-0.2, -0.15) is 0 Å². The van der Waals surface area contributed by atoms with Gasteiger partial charge in [0.1, 0.15) is 28.5 Å². The molecule has 0 spiro atoms. The summed E-state index contributed by atoms with van der Waals surface area (Å²) in [4.78, 5) is 26.9. The maximum absolute atomic E-state index is 14.0.